The summed E-state index contributed by atoms with van der Waals surface area (Å²) in [6, 6.07) is 19.5. The minimum absolute atomic E-state index is 0.287. The van der Waals surface area contributed by atoms with Gasteiger partial charge in [-0.25, -0.2) is 9.78 Å². The molecule has 190 valence electrons. The molecule has 0 amide bonds. The van der Waals surface area contributed by atoms with E-state index in [4.69, 9.17) is 4.98 Å². The Morgan fingerprint density at radius 1 is 1.13 bits per heavy atom. The van der Waals surface area contributed by atoms with E-state index in [-0.39, 0.29) is 5.56 Å². The highest BCUT2D eigenvalue weighted by molar-refractivity contribution is 7.99. The van der Waals surface area contributed by atoms with E-state index in [9.17, 15) is 14.7 Å². The molecule has 1 saturated carbocycles. The van der Waals surface area contributed by atoms with Gasteiger partial charge in [0, 0.05) is 30.1 Å². The van der Waals surface area contributed by atoms with Crippen LogP contribution in [0.1, 0.15) is 41.5 Å². The maximum atomic E-state index is 13.4. The normalized spacial score (nSPS) is 16.7. The molecular weight excluding hydrogens is 496 g/mol. The van der Waals surface area contributed by atoms with Crippen molar-refractivity contribution < 1.29 is 9.90 Å². The number of anilines is 1. The molecule has 8 heteroatoms. The molecule has 2 aromatic carbocycles. The topological polar surface area (TPSA) is 88.6 Å². The first kappa shape index (κ1) is 23.1. The van der Waals surface area contributed by atoms with Crippen LogP contribution >= 0.6 is 11.8 Å². The quantitative estimate of drug-likeness (QED) is 0.291. The molecule has 0 radical (unpaired) electrons. The highest BCUT2D eigenvalue weighted by atomic mass is 32.2. The van der Waals surface area contributed by atoms with Gasteiger partial charge >= 0.3 is 5.97 Å². The van der Waals surface area contributed by atoms with E-state index in [0.717, 1.165) is 51.7 Å². The van der Waals surface area contributed by atoms with Gasteiger partial charge in [-0.3, -0.25) is 13.8 Å². The fourth-order valence-corrected chi connectivity index (χ4v) is 6.96. The van der Waals surface area contributed by atoms with Crippen LogP contribution in [0.15, 0.2) is 76.7 Å². The van der Waals surface area contributed by atoms with Crippen molar-refractivity contribution in [3.63, 3.8) is 0 Å². The van der Waals surface area contributed by atoms with Crippen molar-refractivity contribution in [2.24, 2.45) is 0 Å². The van der Waals surface area contributed by atoms with Crippen molar-refractivity contribution in [1.82, 2.24) is 14.0 Å². The van der Waals surface area contributed by atoms with E-state index in [1.807, 2.05) is 35.7 Å². The third-order valence-corrected chi connectivity index (χ3v) is 8.74. The van der Waals surface area contributed by atoms with E-state index in [1.165, 1.54) is 32.7 Å². The number of hydrogen-bond donors (Lipinski definition) is 2. The van der Waals surface area contributed by atoms with Crippen molar-refractivity contribution in [2.75, 3.05) is 11.1 Å². The van der Waals surface area contributed by atoms with Gasteiger partial charge in [-0.05, 0) is 65.3 Å². The fourth-order valence-electron chi connectivity index (χ4n) is 5.56. The second kappa shape index (κ2) is 8.77. The van der Waals surface area contributed by atoms with Crippen LogP contribution in [0.4, 0.5) is 5.82 Å². The Labute approximate surface area is 223 Å². The number of fused-ring (bicyclic) bond motifs is 3. The third kappa shape index (κ3) is 3.70. The van der Waals surface area contributed by atoms with E-state index in [2.05, 4.69) is 41.7 Å². The molecule has 1 unspecified atom stereocenters. The fraction of sp³-hybridized carbons (Fsp3) is 0.233. The third-order valence-electron chi connectivity index (χ3n) is 7.57. The van der Waals surface area contributed by atoms with Gasteiger partial charge in [0.05, 0.1) is 5.03 Å². The molecule has 1 atom stereocenters. The number of carboxylic acid groups (broad SMARTS) is 1. The molecule has 1 aliphatic carbocycles. The Hall–Kier alpha value is -4.04. The van der Waals surface area contributed by atoms with Crippen LogP contribution in [0.25, 0.3) is 27.7 Å². The van der Waals surface area contributed by atoms with Gasteiger partial charge in [-0.1, -0.05) is 42.5 Å². The molecule has 0 saturated heterocycles. The summed E-state index contributed by atoms with van der Waals surface area (Å²) >= 11 is 1.48. The Bertz CT molecular complexity index is 1810. The van der Waals surface area contributed by atoms with Gasteiger partial charge < -0.3 is 10.4 Å². The average molecular weight is 523 g/mol. The maximum Gasteiger partial charge on any atom is 0.327 e. The van der Waals surface area contributed by atoms with Gasteiger partial charge in [0.25, 0.3) is 5.56 Å². The van der Waals surface area contributed by atoms with Crippen LogP contribution in [0.2, 0.25) is 0 Å². The Balaban J connectivity index is 1.40. The van der Waals surface area contributed by atoms with Gasteiger partial charge in [0.2, 0.25) is 0 Å². The van der Waals surface area contributed by atoms with Crippen LogP contribution in [-0.2, 0) is 11.3 Å². The summed E-state index contributed by atoms with van der Waals surface area (Å²) in [4.78, 5) is 30.3. The van der Waals surface area contributed by atoms with E-state index in [0.29, 0.717) is 18.2 Å². The van der Waals surface area contributed by atoms with Crippen LogP contribution in [-0.4, -0.2) is 30.8 Å². The summed E-state index contributed by atoms with van der Waals surface area (Å²) in [6.45, 7) is 2.63. The zero-order valence-corrected chi connectivity index (χ0v) is 21.7. The molecule has 0 spiro atoms. The molecule has 0 bridgehead atoms. The number of aryl methyl sites for hydroxylation is 1. The zero-order valence-electron chi connectivity index (χ0n) is 20.8. The first-order valence-corrected chi connectivity index (χ1v) is 13.8. The first-order chi connectivity index (χ1) is 18.5. The number of aliphatic carboxylic acids is 1. The lowest BCUT2D eigenvalue weighted by Gasteiger charge is -2.17. The van der Waals surface area contributed by atoms with Gasteiger partial charge in [-0.15, -0.1) is 11.8 Å². The van der Waals surface area contributed by atoms with Crippen LogP contribution in [0, 0.1) is 6.92 Å². The Morgan fingerprint density at radius 3 is 2.76 bits per heavy atom. The van der Waals surface area contributed by atoms with Crippen molar-refractivity contribution in [3.8, 4) is 11.3 Å². The number of benzene rings is 2. The number of hydrogen-bond acceptors (Lipinski definition) is 5. The molecule has 2 aliphatic rings. The van der Waals surface area contributed by atoms with Crippen LogP contribution in [0.3, 0.4) is 0 Å². The smallest absolute Gasteiger partial charge is 0.327 e. The van der Waals surface area contributed by atoms with Gasteiger partial charge in [0.1, 0.15) is 23.2 Å². The monoisotopic (exact) mass is 522 g/mol. The van der Waals surface area contributed by atoms with Crippen molar-refractivity contribution in [1.29, 1.82) is 0 Å². The van der Waals surface area contributed by atoms with Gasteiger partial charge in [0.15, 0.2) is 0 Å². The largest absolute Gasteiger partial charge is 0.480 e. The van der Waals surface area contributed by atoms with E-state index >= 15 is 0 Å². The lowest BCUT2D eigenvalue weighted by Crippen LogP contribution is -2.29. The summed E-state index contributed by atoms with van der Waals surface area (Å²) in [7, 11) is 0. The summed E-state index contributed by atoms with van der Waals surface area (Å²) < 4.78 is 3.52. The number of carboxylic acids is 1. The highest BCUT2D eigenvalue weighted by Gasteiger charge is 2.39. The van der Waals surface area contributed by atoms with E-state index < -0.39 is 12.0 Å². The molecule has 3 aromatic heterocycles. The zero-order chi connectivity index (χ0) is 26.0. The van der Waals surface area contributed by atoms with Crippen molar-refractivity contribution in [2.45, 2.75) is 43.3 Å². The number of imidazole rings is 1. The summed E-state index contributed by atoms with van der Waals surface area (Å²) in [6.07, 6.45) is 4.07. The van der Waals surface area contributed by atoms with Crippen LogP contribution < -0.4 is 10.9 Å². The molecule has 7 rings (SSSR count). The van der Waals surface area contributed by atoms with Crippen LogP contribution in [0.5, 0.6) is 0 Å². The summed E-state index contributed by atoms with van der Waals surface area (Å²) in [5, 5.41) is 16.6. The number of nitrogens with one attached hydrogen (secondary N) is 1. The summed E-state index contributed by atoms with van der Waals surface area (Å²) in [5.41, 5.74) is 5.40. The number of thioether (sulfide) groups is 1. The predicted octanol–water partition coefficient (Wildman–Crippen LogP) is 5.85. The molecule has 7 nitrogen and oxygen atoms in total. The molecule has 1 aliphatic heterocycles. The molecular formula is C30H26N4O3S. The number of aromatic nitrogens is 3. The number of pyridine rings is 2. The van der Waals surface area contributed by atoms with Crippen molar-refractivity contribution in [3.05, 3.63) is 93.9 Å². The second-order valence-corrected chi connectivity index (χ2v) is 11.2. The Morgan fingerprint density at radius 2 is 1.95 bits per heavy atom. The van der Waals surface area contributed by atoms with Crippen molar-refractivity contribution >= 4 is 40.0 Å². The van der Waals surface area contributed by atoms with Gasteiger partial charge in [-0.2, -0.15) is 0 Å². The SMILES string of the molecule is Cc1ccn2c(NCc3cccc4ccccc34)c(-c3cc(=O)n4c(c3C3CC3)SCC4C(=O)O)nc2c1. The average Bonchev–Trinajstić information content (AvgIpc) is 3.53. The standard InChI is InChI=1S/C30H26N4O3S/c1-17-11-12-33-24(13-17)32-27(28(33)31-15-20-7-4-6-18-5-2-3-8-21(18)20)22-14-25(35)34-23(30(36)37)16-38-29(34)26(22)19-9-10-19/h2-8,11-14,19,23,31H,9-10,15-16H2,1H3,(H,36,37). The highest BCUT2D eigenvalue weighted by Crippen LogP contribution is 2.51. The predicted molar refractivity (Wildman–Crippen MR) is 150 cm³/mol. The first-order valence-electron chi connectivity index (χ1n) is 12.8. The second-order valence-electron chi connectivity index (χ2n) is 10.2. The number of carbonyl (C=O) groups is 1. The lowest BCUT2D eigenvalue weighted by molar-refractivity contribution is -0.140. The molecule has 2 N–H and O–H groups in total. The lowest BCUT2D eigenvalue weighted by atomic mass is 10.0. The summed E-state index contributed by atoms with van der Waals surface area (Å²) in [5.74, 6) is 0.541. The molecule has 5 aromatic rings. The number of nitrogens with zero attached hydrogens (tertiary/aromatic N) is 3. The molecule has 38 heavy (non-hydrogen) atoms. The maximum absolute atomic E-state index is 13.4. The number of rotatable bonds is 6. The molecule has 4 heterocycles. The minimum Gasteiger partial charge on any atom is -0.480 e. The Kier molecular flexibility index (Phi) is 5.33. The molecule has 1 fully saturated rings. The van der Waals surface area contributed by atoms with E-state index in [1.54, 1.807) is 6.07 Å². The minimum atomic E-state index is -0.964.